The first-order chi connectivity index (χ1) is 12.2. The van der Waals surface area contributed by atoms with Crippen LogP contribution in [0.15, 0.2) is 41.7 Å². The summed E-state index contributed by atoms with van der Waals surface area (Å²) in [4.78, 5) is 11.1. The summed E-state index contributed by atoms with van der Waals surface area (Å²) < 4.78 is 0. The molecular weight excluding hydrogens is 354 g/mol. The summed E-state index contributed by atoms with van der Waals surface area (Å²) in [5.74, 6) is 1.29. The SMILES string of the molecule is CSc1nccc(N(c2ccc(Cl)cc2)[C@H](CO)C2CCCCC2)n1. The molecule has 0 amide bonds. The van der Waals surface area contributed by atoms with Crippen LogP contribution in [0, 0.1) is 5.92 Å². The molecule has 0 aliphatic heterocycles. The first-order valence-electron chi connectivity index (χ1n) is 8.75. The summed E-state index contributed by atoms with van der Waals surface area (Å²) in [6, 6.07) is 9.68. The van der Waals surface area contributed by atoms with E-state index in [1.807, 2.05) is 36.6 Å². The molecule has 1 atom stereocenters. The molecule has 0 radical (unpaired) electrons. The van der Waals surface area contributed by atoms with Crippen LogP contribution in [0.1, 0.15) is 32.1 Å². The quantitative estimate of drug-likeness (QED) is 0.571. The Morgan fingerprint density at radius 2 is 1.92 bits per heavy atom. The van der Waals surface area contributed by atoms with Crippen LogP contribution in [0.4, 0.5) is 11.5 Å². The average Bonchev–Trinajstić information content (AvgIpc) is 2.67. The number of benzene rings is 1. The first kappa shape index (κ1) is 18.5. The first-order valence-corrected chi connectivity index (χ1v) is 10.4. The highest BCUT2D eigenvalue weighted by Gasteiger charge is 2.30. The maximum atomic E-state index is 10.2. The molecule has 25 heavy (non-hydrogen) atoms. The number of nitrogens with zero attached hydrogens (tertiary/aromatic N) is 3. The molecular formula is C19H24ClN3OS. The second kappa shape index (κ2) is 8.88. The average molecular weight is 378 g/mol. The van der Waals surface area contributed by atoms with E-state index in [9.17, 15) is 5.11 Å². The Balaban J connectivity index is 2.01. The lowest BCUT2D eigenvalue weighted by molar-refractivity contribution is 0.197. The van der Waals surface area contributed by atoms with Gasteiger partial charge in [0.2, 0.25) is 0 Å². The second-order valence-corrected chi connectivity index (χ2v) is 7.61. The lowest BCUT2D eigenvalue weighted by atomic mass is 9.83. The van der Waals surface area contributed by atoms with Crippen LogP contribution >= 0.6 is 23.4 Å². The molecule has 1 saturated carbocycles. The van der Waals surface area contributed by atoms with E-state index in [4.69, 9.17) is 11.6 Å². The molecule has 1 fully saturated rings. The van der Waals surface area contributed by atoms with E-state index in [1.54, 1.807) is 6.20 Å². The van der Waals surface area contributed by atoms with Crippen molar-refractivity contribution in [3.05, 3.63) is 41.6 Å². The van der Waals surface area contributed by atoms with Crippen LogP contribution in [-0.2, 0) is 0 Å². The largest absolute Gasteiger partial charge is 0.394 e. The molecule has 2 aromatic rings. The zero-order valence-electron chi connectivity index (χ0n) is 14.4. The van der Waals surface area contributed by atoms with E-state index in [0.29, 0.717) is 10.9 Å². The van der Waals surface area contributed by atoms with Gasteiger partial charge >= 0.3 is 0 Å². The van der Waals surface area contributed by atoms with Crippen molar-refractivity contribution in [1.82, 2.24) is 9.97 Å². The van der Waals surface area contributed by atoms with Crippen molar-refractivity contribution in [3.8, 4) is 0 Å². The third-order valence-electron chi connectivity index (χ3n) is 4.87. The van der Waals surface area contributed by atoms with Crippen LogP contribution in [0.3, 0.4) is 0 Å². The zero-order valence-corrected chi connectivity index (χ0v) is 16.0. The number of aromatic nitrogens is 2. The van der Waals surface area contributed by atoms with Gasteiger partial charge in [0.15, 0.2) is 5.16 Å². The molecule has 4 nitrogen and oxygen atoms in total. The van der Waals surface area contributed by atoms with Crippen molar-refractivity contribution in [2.45, 2.75) is 43.3 Å². The Morgan fingerprint density at radius 3 is 2.56 bits per heavy atom. The minimum Gasteiger partial charge on any atom is -0.394 e. The summed E-state index contributed by atoms with van der Waals surface area (Å²) >= 11 is 7.60. The Hall–Kier alpha value is -1.30. The number of anilines is 2. The highest BCUT2D eigenvalue weighted by Crippen LogP contribution is 2.36. The highest BCUT2D eigenvalue weighted by molar-refractivity contribution is 7.98. The zero-order chi connectivity index (χ0) is 17.6. The maximum absolute atomic E-state index is 10.2. The summed E-state index contributed by atoms with van der Waals surface area (Å²) in [5, 5.41) is 11.7. The van der Waals surface area contributed by atoms with Crippen LogP contribution in [0.2, 0.25) is 5.02 Å². The Bertz CT molecular complexity index is 677. The minimum absolute atomic E-state index is 0.00563. The molecule has 0 bridgehead atoms. The number of hydrogen-bond donors (Lipinski definition) is 1. The Morgan fingerprint density at radius 1 is 1.20 bits per heavy atom. The topological polar surface area (TPSA) is 49.2 Å². The molecule has 1 aromatic carbocycles. The monoisotopic (exact) mass is 377 g/mol. The molecule has 0 unspecified atom stereocenters. The fourth-order valence-electron chi connectivity index (χ4n) is 3.62. The van der Waals surface area contributed by atoms with Gasteiger partial charge in [-0.1, -0.05) is 42.6 Å². The molecule has 1 aliphatic carbocycles. The van der Waals surface area contributed by atoms with Gasteiger partial charge in [0.05, 0.1) is 12.6 Å². The molecule has 3 rings (SSSR count). The summed E-state index contributed by atoms with van der Waals surface area (Å²) in [5.41, 5.74) is 1.000. The van der Waals surface area contributed by atoms with Gasteiger partial charge in [0.1, 0.15) is 5.82 Å². The van der Waals surface area contributed by atoms with Gasteiger partial charge in [-0.25, -0.2) is 9.97 Å². The standard InChI is InChI=1S/C19H24ClN3OS/c1-25-19-21-12-11-18(22-19)23(16-9-7-15(20)8-10-16)17(13-24)14-5-3-2-4-6-14/h7-12,14,17,24H,2-6,13H2,1H3/t17-/m1/s1. The number of aliphatic hydroxyl groups is 1. The Labute approximate surface area is 158 Å². The molecule has 134 valence electrons. The Kier molecular flexibility index (Phi) is 6.57. The minimum atomic E-state index is 0.00563. The third kappa shape index (κ3) is 4.46. The van der Waals surface area contributed by atoms with E-state index < -0.39 is 0 Å². The van der Waals surface area contributed by atoms with Crippen LogP contribution < -0.4 is 4.90 Å². The van der Waals surface area contributed by atoms with Gasteiger partial charge in [-0.3, -0.25) is 0 Å². The van der Waals surface area contributed by atoms with Crippen molar-refractivity contribution < 1.29 is 5.11 Å². The third-order valence-corrected chi connectivity index (χ3v) is 5.68. The van der Waals surface area contributed by atoms with Crippen molar-refractivity contribution in [2.75, 3.05) is 17.8 Å². The smallest absolute Gasteiger partial charge is 0.189 e. The van der Waals surface area contributed by atoms with Gasteiger partial charge in [0, 0.05) is 16.9 Å². The van der Waals surface area contributed by atoms with Crippen molar-refractivity contribution in [3.63, 3.8) is 0 Å². The normalized spacial score (nSPS) is 16.6. The van der Waals surface area contributed by atoms with Gasteiger partial charge in [-0.05, 0) is 55.3 Å². The van der Waals surface area contributed by atoms with Crippen molar-refractivity contribution >= 4 is 34.9 Å². The van der Waals surface area contributed by atoms with E-state index in [1.165, 1.54) is 31.0 Å². The predicted octanol–water partition coefficient (Wildman–Crippen LogP) is 4.93. The number of rotatable bonds is 6. The van der Waals surface area contributed by atoms with Crippen LogP contribution in [-0.4, -0.2) is 34.0 Å². The fourth-order valence-corrected chi connectivity index (χ4v) is 4.10. The predicted molar refractivity (Wildman–Crippen MR) is 105 cm³/mol. The number of aliphatic hydroxyl groups excluding tert-OH is 1. The van der Waals surface area contributed by atoms with Crippen LogP contribution in [0.5, 0.6) is 0 Å². The maximum Gasteiger partial charge on any atom is 0.189 e. The second-order valence-electron chi connectivity index (χ2n) is 6.40. The van der Waals surface area contributed by atoms with Gasteiger partial charge < -0.3 is 10.0 Å². The number of halogens is 1. The van der Waals surface area contributed by atoms with Gasteiger partial charge in [-0.15, -0.1) is 0 Å². The summed E-state index contributed by atoms with van der Waals surface area (Å²) in [7, 11) is 0. The van der Waals surface area contributed by atoms with Crippen molar-refractivity contribution in [1.29, 1.82) is 0 Å². The number of thioether (sulfide) groups is 1. The van der Waals surface area contributed by atoms with Gasteiger partial charge in [-0.2, -0.15) is 0 Å². The molecule has 6 heteroatoms. The summed E-state index contributed by atoms with van der Waals surface area (Å²) in [6.07, 6.45) is 9.80. The van der Waals surface area contributed by atoms with Gasteiger partial charge in [0.25, 0.3) is 0 Å². The van der Waals surface area contributed by atoms with E-state index in [2.05, 4.69) is 14.9 Å². The molecule has 1 N–H and O–H groups in total. The summed E-state index contributed by atoms with van der Waals surface area (Å²) in [6.45, 7) is 0.103. The van der Waals surface area contributed by atoms with E-state index in [-0.39, 0.29) is 12.6 Å². The highest BCUT2D eigenvalue weighted by atomic mass is 35.5. The van der Waals surface area contributed by atoms with E-state index in [0.717, 1.165) is 29.5 Å². The van der Waals surface area contributed by atoms with E-state index >= 15 is 0 Å². The van der Waals surface area contributed by atoms with Crippen LogP contribution in [0.25, 0.3) is 0 Å². The van der Waals surface area contributed by atoms with Crippen molar-refractivity contribution in [2.24, 2.45) is 5.92 Å². The molecule has 0 saturated heterocycles. The lowest BCUT2D eigenvalue weighted by Crippen LogP contribution is -2.41. The molecule has 1 aromatic heterocycles. The fraction of sp³-hybridized carbons (Fsp3) is 0.474. The molecule has 1 aliphatic rings. The number of hydrogen-bond acceptors (Lipinski definition) is 5. The molecule has 1 heterocycles. The lowest BCUT2D eigenvalue weighted by Gasteiger charge is -2.38. The molecule has 0 spiro atoms.